The summed E-state index contributed by atoms with van der Waals surface area (Å²) in [5.41, 5.74) is -12.3. The van der Waals surface area contributed by atoms with Gasteiger partial charge in [-0.05, 0) is 31.9 Å². The summed E-state index contributed by atoms with van der Waals surface area (Å²) in [6.07, 6.45) is 2.07. The number of quaternary nitrogens is 1. The van der Waals surface area contributed by atoms with Gasteiger partial charge in [0.05, 0.1) is 20.6 Å². The zero-order valence-corrected chi connectivity index (χ0v) is 15.0. The first kappa shape index (κ1) is 24.1. The SMILES string of the molecule is C[N+](C)(CCCCCC=N)C(S(=O)(=O)C(F)(F)F)S(=O)(=O)C(F)(F)F. The van der Waals surface area contributed by atoms with Gasteiger partial charge < -0.3 is 5.41 Å². The first-order valence-electron chi connectivity index (χ1n) is 6.85. The van der Waals surface area contributed by atoms with Gasteiger partial charge in [-0.2, -0.15) is 26.3 Å². The monoisotopic (exact) mass is 421 g/mol. The summed E-state index contributed by atoms with van der Waals surface area (Å²) in [5, 5.41) is 6.79. The van der Waals surface area contributed by atoms with Crippen LogP contribution in [0, 0.1) is 5.41 Å². The molecule has 0 heterocycles. The van der Waals surface area contributed by atoms with E-state index in [1.54, 1.807) is 0 Å². The second-order valence-corrected chi connectivity index (χ2v) is 10.1. The maximum absolute atomic E-state index is 12.8. The van der Waals surface area contributed by atoms with Crippen LogP contribution in [0.1, 0.15) is 25.7 Å². The minimum atomic E-state index is -6.66. The van der Waals surface area contributed by atoms with E-state index in [4.69, 9.17) is 5.41 Å². The molecule has 25 heavy (non-hydrogen) atoms. The van der Waals surface area contributed by atoms with Crippen LogP contribution < -0.4 is 0 Å². The third kappa shape index (κ3) is 5.54. The zero-order chi connectivity index (χ0) is 20.3. The molecule has 0 unspecified atom stereocenters. The van der Waals surface area contributed by atoms with E-state index in [0.717, 1.165) is 6.21 Å². The van der Waals surface area contributed by atoms with Crippen molar-refractivity contribution in [1.82, 2.24) is 0 Å². The minimum Gasteiger partial charge on any atom is -0.313 e. The Bertz CT molecular complexity index is 624. The summed E-state index contributed by atoms with van der Waals surface area (Å²) in [7, 11) is -11.9. The van der Waals surface area contributed by atoms with Crippen LogP contribution in [-0.2, 0) is 19.7 Å². The van der Waals surface area contributed by atoms with Crippen LogP contribution in [-0.4, -0.2) is 63.9 Å². The number of rotatable bonds is 9. The maximum Gasteiger partial charge on any atom is 0.504 e. The fraction of sp³-hybridized carbons (Fsp3) is 0.909. The van der Waals surface area contributed by atoms with Gasteiger partial charge in [-0.3, -0.25) is 4.48 Å². The van der Waals surface area contributed by atoms with Gasteiger partial charge in [0.2, 0.25) is 0 Å². The summed E-state index contributed by atoms with van der Waals surface area (Å²) in [4.78, 5) is 0. The molecule has 0 radical (unpaired) electrons. The van der Waals surface area contributed by atoms with Crippen molar-refractivity contribution in [3.05, 3.63) is 0 Å². The Morgan fingerprint density at radius 1 is 0.880 bits per heavy atom. The number of hydrogen-bond donors (Lipinski definition) is 1. The lowest BCUT2D eigenvalue weighted by molar-refractivity contribution is -0.889. The zero-order valence-electron chi connectivity index (χ0n) is 13.4. The fourth-order valence-electron chi connectivity index (χ4n) is 2.19. The molecule has 0 aromatic rings. The molecule has 0 aromatic carbocycles. The Morgan fingerprint density at radius 3 is 1.60 bits per heavy atom. The van der Waals surface area contributed by atoms with E-state index in [-0.39, 0.29) is 12.8 Å². The van der Waals surface area contributed by atoms with Crippen LogP contribution in [0.2, 0.25) is 0 Å². The highest BCUT2D eigenvalue weighted by molar-refractivity contribution is 8.09. The topological polar surface area (TPSA) is 92.1 Å². The number of nitrogens with zero attached hydrogens (tertiary/aromatic N) is 1. The van der Waals surface area contributed by atoms with Gasteiger partial charge in [0.15, 0.2) is 0 Å². The molecule has 150 valence electrons. The lowest BCUT2D eigenvalue weighted by atomic mass is 10.2. The van der Waals surface area contributed by atoms with Crippen LogP contribution in [0.4, 0.5) is 26.3 Å². The van der Waals surface area contributed by atoms with Crippen LogP contribution >= 0.6 is 0 Å². The number of nitrogens with one attached hydrogen (secondary N) is 1. The summed E-state index contributed by atoms with van der Waals surface area (Å²) in [6, 6.07) is 0. The van der Waals surface area contributed by atoms with Crippen molar-refractivity contribution in [3.8, 4) is 0 Å². The third-order valence-corrected chi connectivity index (χ3v) is 8.34. The van der Waals surface area contributed by atoms with Crippen molar-refractivity contribution < 1.29 is 47.7 Å². The van der Waals surface area contributed by atoms with Crippen LogP contribution in [0.25, 0.3) is 0 Å². The second-order valence-electron chi connectivity index (χ2n) is 5.84. The van der Waals surface area contributed by atoms with Crippen molar-refractivity contribution in [2.45, 2.75) is 41.4 Å². The average molecular weight is 421 g/mol. The molecule has 0 spiro atoms. The van der Waals surface area contributed by atoms with Crippen molar-refractivity contribution >= 4 is 25.9 Å². The first-order valence-corrected chi connectivity index (χ1v) is 9.94. The van der Waals surface area contributed by atoms with E-state index in [2.05, 4.69) is 0 Å². The maximum atomic E-state index is 12.8. The molecular weight excluding hydrogens is 402 g/mol. The minimum absolute atomic E-state index is 0.0158. The molecule has 0 saturated heterocycles. The van der Waals surface area contributed by atoms with Crippen LogP contribution in [0.5, 0.6) is 0 Å². The lowest BCUT2D eigenvalue weighted by Gasteiger charge is -2.37. The van der Waals surface area contributed by atoms with Gasteiger partial charge in [-0.1, -0.05) is 0 Å². The Labute approximate surface area is 141 Å². The molecule has 0 aliphatic rings. The van der Waals surface area contributed by atoms with E-state index in [9.17, 15) is 43.2 Å². The molecule has 0 fully saturated rings. The fourth-order valence-corrected chi connectivity index (χ4v) is 6.35. The van der Waals surface area contributed by atoms with E-state index in [1.165, 1.54) is 0 Å². The average Bonchev–Trinajstić information content (AvgIpc) is 2.34. The standard InChI is InChI=1S/C11H19F6N2O4S2/c1-19(2,8-6-4-3-5-7-18)9(24(20,21)10(12,13)14)25(22,23)11(15,16)17/h7,9,18H,3-6,8H2,1-2H3/q+1. The molecule has 0 bridgehead atoms. The number of hydrogen-bond acceptors (Lipinski definition) is 5. The van der Waals surface area contributed by atoms with Gasteiger partial charge >= 0.3 is 35.4 Å². The molecule has 0 aliphatic carbocycles. The highest BCUT2D eigenvalue weighted by atomic mass is 32.3. The Morgan fingerprint density at radius 2 is 1.28 bits per heavy atom. The van der Waals surface area contributed by atoms with Gasteiger partial charge in [0, 0.05) is 0 Å². The molecular formula is C11H19F6N2O4S2+. The van der Waals surface area contributed by atoms with E-state index < -0.39 is 46.4 Å². The van der Waals surface area contributed by atoms with E-state index >= 15 is 0 Å². The summed E-state index contributed by atoms with van der Waals surface area (Å²) < 4.78 is 118. The Balaban J connectivity index is 5.97. The molecule has 0 aliphatic heterocycles. The third-order valence-electron chi connectivity index (χ3n) is 3.33. The predicted octanol–water partition coefficient (Wildman–Crippen LogP) is 2.43. The first-order chi connectivity index (χ1) is 10.9. The highest BCUT2D eigenvalue weighted by Gasteiger charge is 2.69. The molecule has 14 heteroatoms. The predicted molar refractivity (Wildman–Crippen MR) is 78.0 cm³/mol. The number of sulfone groups is 2. The van der Waals surface area contributed by atoms with Crippen LogP contribution in [0.15, 0.2) is 0 Å². The quantitative estimate of drug-likeness (QED) is 0.268. The molecule has 1 N–H and O–H groups in total. The lowest BCUT2D eigenvalue weighted by Crippen LogP contribution is -2.62. The Hall–Kier alpha value is -0.890. The second kappa shape index (κ2) is 7.78. The van der Waals surface area contributed by atoms with Gasteiger partial charge in [-0.15, -0.1) is 0 Å². The largest absolute Gasteiger partial charge is 0.504 e. The summed E-state index contributed by atoms with van der Waals surface area (Å²) in [5.74, 6) is 0. The summed E-state index contributed by atoms with van der Waals surface area (Å²) in [6.45, 7) is -0.548. The normalized spacial score (nSPS) is 14.8. The van der Waals surface area contributed by atoms with Gasteiger partial charge in [0.25, 0.3) is 0 Å². The molecule has 6 nitrogen and oxygen atoms in total. The van der Waals surface area contributed by atoms with Crippen LogP contribution in [0.3, 0.4) is 0 Å². The molecule has 0 aromatic heterocycles. The highest BCUT2D eigenvalue weighted by Crippen LogP contribution is 2.39. The number of alkyl halides is 6. The van der Waals surface area contributed by atoms with Gasteiger partial charge in [-0.25, -0.2) is 16.8 Å². The van der Waals surface area contributed by atoms with Gasteiger partial charge in [0.1, 0.15) is 0 Å². The van der Waals surface area contributed by atoms with Crippen molar-refractivity contribution in [3.63, 3.8) is 0 Å². The number of unbranched alkanes of at least 4 members (excludes halogenated alkanes) is 3. The Kier molecular flexibility index (Phi) is 7.50. The van der Waals surface area contributed by atoms with E-state index in [1.807, 2.05) is 0 Å². The van der Waals surface area contributed by atoms with E-state index in [0.29, 0.717) is 26.9 Å². The van der Waals surface area contributed by atoms with Crippen molar-refractivity contribution in [2.24, 2.45) is 0 Å². The van der Waals surface area contributed by atoms with Crippen molar-refractivity contribution in [2.75, 3.05) is 20.6 Å². The number of halogens is 6. The molecule has 0 amide bonds. The molecule has 0 saturated carbocycles. The molecule has 0 rings (SSSR count). The molecule has 0 atom stereocenters. The smallest absolute Gasteiger partial charge is 0.313 e. The summed E-state index contributed by atoms with van der Waals surface area (Å²) >= 11 is 0. The van der Waals surface area contributed by atoms with Crippen molar-refractivity contribution in [1.29, 1.82) is 5.41 Å².